The van der Waals surface area contributed by atoms with Gasteiger partial charge in [-0.3, -0.25) is 19.5 Å². The molecule has 11 heteroatoms. The van der Waals surface area contributed by atoms with Crippen molar-refractivity contribution in [3.8, 4) is 0 Å². The highest BCUT2D eigenvalue weighted by Crippen LogP contribution is 2.29. The van der Waals surface area contributed by atoms with Crippen LogP contribution in [0.5, 0.6) is 0 Å². The monoisotopic (exact) mass is 457 g/mol. The van der Waals surface area contributed by atoms with Gasteiger partial charge in [0.15, 0.2) is 5.65 Å². The molecule has 0 saturated carbocycles. The summed E-state index contributed by atoms with van der Waals surface area (Å²) >= 11 is 0. The Morgan fingerprint density at radius 2 is 1.97 bits per heavy atom. The lowest BCUT2D eigenvalue weighted by Gasteiger charge is -2.36. The van der Waals surface area contributed by atoms with Gasteiger partial charge < -0.3 is 15.2 Å². The smallest absolute Gasteiger partial charge is 0.282 e. The number of aromatic amines is 1. The lowest BCUT2D eigenvalue weighted by molar-refractivity contribution is 0.0956. The molecule has 3 aromatic rings. The van der Waals surface area contributed by atoms with Crippen LogP contribution in [0.15, 0.2) is 29.2 Å². The van der Waals surface area contributed by atoms with Crippen LogP contribution in [0.1, 0.15) is 40.8 Å². The van der Waals surface area contributed by atoms with Crippen LogP contribution >= 0.6 is 0 Å². The van der Waals surface area contributed by atoms with E-state index in [2.05, 4.69) is 30.2 Å². The number of anilines is 1. The Labute approximate surface area is 188 Å². The summed E-state index contributed by atoms with van der Waals surface area (Å²) in [4.78, 5) is 43.5. The van der Waals surface area contributed by atoms with Crippen molar-refractivity contribution in [1.29, 1.82) is 0 Å². The number of amides is 1. The number of aromatic nitrogens is 4. The van der Waals surface area contributed by atoms with Gasteiger partial charge in [-0.2, -0.15) is 0 Å². The molecule has 1 aliphatic heterocycles. The van der Waals surface area contributed by atoms with Crippen LogP contribution < -0.4 is 15.8 Å². The van der Waals surface area contributed by atoms with E-state index in [4.69, 9.17) is 0 Å². The predicted octanol–water partition coefficient (Wildman–Crippen LogP) is 1.89. The maximum atomic E-state index is 13.6. The molecule has 2 N–H and O–H groups in total. The normalized spacial score (nSPS) is 14.8. The van der Waals surface area contributed by atoms with Gasteiger partial charge in [-0.15, -0.1) is 0 Å². The van der Waals surface area contributed by atoms with Gasteiger partial charge in [-0.25, -0.2) is 18.7 Å². The van der Waals surface area contributed by atoms with Gasteiger partial charge in [-0.05, 0) is 24.6 Å². The standard InChI is InChI=1S/C22H25F2N7O2/c1-3-13-10-16-20(29-21(13)32)27-14(11-26-16)12-30-6-8-31(9-7-30)17-5-4-15(22(33)25-2)28-18(17)19(23)24/h4-5,10-11,19H,3,6-9,12H2,1-2H3,(H,25,33)(H,27,29,32). The fraction of sp³-hybridized carbons (Fsp3) is 0.409. The van der Waals surface area contributed by atoms with Crippen LogP contribution in [0.2, 0.25) is 0 Å². The summed E-state index contributed by atoms with van der Waals surface area (Å²) in [6, 6.07) is 4.75. The Morgan fingerprint density at radius 1 is 1.21 bits per heavy atom. The molecular weight excluding hydrogens is 432 g/mol. The van der Waals surface area contributed by atoms with Crippen molar-refractivity contribution < 1.29 is 13.6 Å². The third-order valence-corrected chi connectivity index (χ3v) is 5.73. The molecule has 33 heavy (non-hydrogen) atoms. The van der Waals surface area contributed by atoms with Gasteiger partial charge in [0.05, 0.1) is 17.6 Å². The van der Waals surface area contributed by atoms with Crippen molar-refractivity contribution >= 4 is 22.8 Å². The number of alkyl halides is 2. The van der Waals surface area contributed by atoms with Crippen LogP contribution in [0.25, 0.3) is 11.2 Å². The van der Waals surface area contributed by atoms with Crippen molar-refractivity contribution in [2.24, 2.45) is 0 Å². The number of pyridine rings is 2. The van der Waals surface area contributed by atoms with E-state index >= 15 is 0 Å². The second-order valence-corrected chi connectivity index (χ2v) is 7.82. The van der Waals surface area contributed by atoms with Gasteiger partial charge >= 0.3 is 0 Å². The van der Waals surface area contributed by atoms with E-state index < -0.39 is 12.3 Å². The molecule has 4 rings (SSSR count). The van der Waals surface area contributed by atoms with Crippen molar-refractivity contribution in [3.63, 3.8) is 0 Å². The largest absolute Gasteiger partial charge is 0.367 e. The molecule has 0 radical (unpaired) electrons. The van der Waals surface area contributed by atoms with Gasteiger partial charge in [0.25, 0.3) is 17.9 Å². The van der Waals surface area contributed by atoms with Crippen LogP contribution in [0.3, 0.4) is 0 Å². The quantitative estimate of drug-likeness (QED) is 0.582. The maximum Gasteiger partial charge on any atom is 0.282 e. The number of piperazine rings is 1. The van der Waals surface area contributed by atoms with Gasteiger partial charge in [0, 0.05) is 45.3 Å². The van der Waals surface area contributed by atoms with E-state index in [0.29, 0.717) is 61.6 Å². The molecule has 4 heterocycles. The molecule has 1 fully saturated rings. The van der Waals surface area contributed by atoms with Crippen molar-refractivity contribution in [1.82, 2.24) is 30.2 Å². The van der Waals surface area contributed by atoms with E-state index in [1.54, 1.807) is 12.3 Å². The summed E-state index contributed by atoms with van der Waals surface area (Å²) in [5.41, 5.74) is 2.25. The number of hydrogen-bond acceptors (Lipinski definition) is 7. The maximum absolute atomic E-state index is 13.6. The summed E-state index contributed by atoms with van der Waals surface area (Å²) in [6.45, 7) is 4.75. The first-order chi connectivity index (χ1) is 15.9. The Kier molecular flexibility index (Phi) is 6.59. The highest BCUT2D eigenvalue weighted by atomic mass is 19.3. The number of nitrogens with one attached hydrogen (secondary N) is 2. The molecule has 0 aromatic carbocycles. The first-order valence-corrected chi connectivity index (χ1v) is 10.8. The van der Waals surface area contributed by atoms with Crippen molar-refractivity contribution in [2.45, 2.75) is 26.3 Å². The molecule has 1 amide bonds. The van der Waals surface area contributed by atoms with Crippen molar-refractivity contribution in [3.05, 3.63) is 57.4 Å². The molecule has 0 atom stereocenters. The Bertz CT molecular complexity index is 1220. The van der Waals surface area contributed by atoms with Crippen molar-refractivity contribution in [2.75, 3.05) is 38.1 Å². The Hall–Kier alpha value is -3.47. The first kappa shape index (κ1) is 22.7. The SMILES string of the molecule is CCc1cc2ncc(CN3CCN(c4ccc(C(=O)NC)nc4C(F)F)CC3)nc2[nH]c1=O. The number of nitrogens with zero attached hydrogens (tertiary/aromatic N) is 5. The van der Waals surface area contributed by atoms with Gasteiger partial charge in [0.1, 0.15) is 16.9 Å². The zero-order chi connectivity index (χ0) is 23.5. The number of halogens is 2. The zero-order valence-electron chi connectivity index (χ0n) is 18.4. The van der Waals surface area contributed by atoms with Crippen LogP contribution in [-0.4, -0.2) is 64.0 Å². The minimum Gasteiger partial charge on any atom is -0.367 e. The summed E-state index contributed by atoms with van der Waals surface area (Å²) in [6.07, 6.45) is -0.468. The fourth-order valence-electron chi connectivity index (χ4n) is 3.92. The third-order valence-electron chi connectivity index (χ3n) is 5.73. The van der Waals surface area contributed by atoms with E-state index in [-0.39, 0.29) is 16.9 Å². The molecule has 0 bridgehead atoms. The highest BCUT2D eigenvalue weighted by Gasteiger charge is 2.25. The third kappa shape index (κ3) is 4.82. The predicted molar refractivity (Wildman–Crippen MR) is 120 cm³/mol. The molecule has 0 unspecified atom stereocenters. The van der Waals surface area contributed by atoms with Gasteiger partial charge in [-0.1, -0.05) is 6.92 Å². The number of hydrogen-bond donors (Lipinski definition) is 2. The number of carbonyl (C=O) groups excluding carboxylic acids is 1. The Morgan fingerprint density at radius 3 is 2.64 bits per heavy atom. The van der Waals surface area contributed by atoms with E-state index in [1.807, 2.05) is 11.8 Å². The van der Waals surface area contributed by atoms with Crippen LogP contribution in [0, 0.1) is 0 Å². The average molecular weight is 457 g/mol. The topological polar surface area (TPSA) is 107 Å². The summed E-state index contributed by atoms with van der Waals surface area (Å²) < 4.78 is 27.3. The van der Waals surface area contributed by atoms with Crippen LogP contribution in [0.4, 0.5) is 14.5 Å². The molecule has 174 valence electrons. The zero-order valence-corrected chi connectivity index (χ0v) is 18.4. The molecule has 1 aliphatic rings. The second kappa shape index (κ2) is 9.57. The molecule has 0 aliphatic carbocycles. The van der Waals surface area contributed by atoms with Crippen LogP contribution in [-0.2, 0) is 13.0 Å². The average Bonchev–Trinajstić information content (AvgIpc) is 2.83. The first-order valence-electron chi connectivity index (χ1n) is 10.8. The molecule has 9 nitrogen and oxygen atoms in total. The number of fused-ring (bicyclic) bond motifs is 1. The Balaban J connectivity index is 1.45. The second-order valence-electron chi connectivity index (χ2n) is 7.82. The minimum absolute atomic E-state index is 0.0332. The number of H-pyrrole nitrogens is 1. The molecule has 3 aromatic heterocycles. The lowest BCUT2D eigenvalue weighted by atomic mass is 10.2. The molecule has 1 saturated heterocycles. The van der Waals surface area contributed by atoms with E-state index in [0.717, 1.165) is 5.69 Å². The summed E-state index contributed by atoms with van der Waals surface area (Å²) in [7, 11) is 1.43. The summed E-state index contributed by atoms with van der Waals surface area (Å²) in [5, 5.41) is 2.40. The molecular formula is C22H25F2N7O2. The number of rotatable bonds is 6. The lowest BCUT2D eigenvalue weighted by Crippen LogP contribution is -2.46. The summed E-state index contributed by atoms with van der Waals surface area (Å²) in [5.74, 6) is -0.503. The van der Waals surface area contributed by atoms with E-state index in [9.17, 15) is 18.4 Å². The minimum atomic E-state index is -2.79. The molecule has 0 spiro atoms. The highest BCUT2D eigenvalue weighted by molar-refractivity contribution is 5.92. The van der Waals surface area contributed by atoms with E-state index in [1.165, 1.54) is 19.2 Å². The van der Waals surface area contributed by atoms with Gasteiger partial charge in [0.2, 0.25) is 0 Å². The number of aryl methyl sites for hydroxylation is 1. The fourth-order valence-corrected chi connectivity index (χ4v) is 3.92. The number of carbonyl (C=O) groups is 1.